The van der Waals surface area contributed by atoms with Crippen molar-refractivity contribution in [3.63, 3.8) is 0 Å². The molecule has 2 N–H and O–H groups in total. The first kappa shape index (κ1) is 116. The molecule has 23 rings (SSSR count). The Morgan fingerprint density at radius 2 is 0.524 bits per heavy atom. The Morgan fingerprint density at radius 3 is 0.731 bits per heavy atom. The maximum atomic E-state index is 8.56. The number of fused-ring (bicyclic) bond motifs is 15. The van der Waals surface area contributed by atoms with Crippen LogP contribution in [0.4, 0.5) is 0 Å². The summed E-state index contributed by atoms with van der Waals surface area (Å²) in [5.74, 6) is 0. The monoisotopic (exact) mass is 2670 g/mol. The second kappa shape index (κ2) is 65.3. The first-order chi connectivity index (χ1) is 69.8. The summed E-state index contributed by atoms with van der Waals surface area (Å²) in [6.07, 6.45) is 29.4. The minimum atomic E-state index is -0.375. The van der Waals surface area contributed by atoms with Crippen LogP contribution in [0.25, 0.3) is 153 Å². The van der Waals surface area contributed by atoms with Gasteiger partial charge in [-0.05, 0) is 171 Å². The fourth-order valence-corrected chi connectivity index (χ4v) is 19.2. The predicted molar refractivity (Wildman–Crippen MR) is 598 cm³/mol. The molecule has 0 amide bonds. The number of hydrogen-bond acceptors (Lipinski definition) is 12. The van der Waals surface area contributed by atoms with Crippen molar-refractivity contribution in [1.82, 2.24) is 44.9 Å². The number of aliphatic hydroxyl groups is 2. The number of aliphatic hydroxyl groups excluding tert-OH is 2. The molecule has 0 saturated carbocycles. The molecular formula is C127H116ClIr4N9O2PS. The fraction of sp³-hybridized carbons (Fsp3) is 0.157. The molecule has 10 aromatic heterocycles. The van der Waals surface area contributed by atoms with Crippen molar-refractivity contribution in [1.29, 1.82) is 0 Å². The smallest absolute Gasteiger partial charge is 0.319 e. The van der Waals surface area contributed by atoms with Crippen molar-refractivity contribution >= 4 is 137 Å². The molecule has 0 aliphatic heterocycles. The van der Waals surface area contributed by atoms with Crippen molar-refractivity contribution in [3.05, 3.63) is 478 Å². The minimum absolute atomic E-state index is 0. The molecule has 0 aliphatic rings. The zero-order valence-electron chi connectivity index (χ0n) is 82.4. The molecule has 0 saturated heterocycles. The molecule has 0 aliphatic carbocycles. The van der Waals surface area contributed by atoms with Gasteiger partial charge in [-0.15, -0.1) is 287 Å². The molecule has 0 fully saturated rings. The summed E-state index contributed by atoms with van der Waals surface area (Å²) < 4.78 is 0. The first-order valence-corrected chi connectivity index (χ1v) is 53.8. The molecule has 13 aromatic carbocycles. The van der Waals surface area contributed by atoms with Crippen molar-refractivity contribution < 1.29 is 88.4 Å². The molecule has 23 aromatic rings. The van der Waals surface area contributed by atoms with E-state index in [1.54, 1.807) is 68.5 Å². The van der Waals surface area contributed by atoms with E-state index in [0.717, 1.165) is 98.9 Å². The summed E-state index contributed by atoms with van der Waals surface area (Å²) in [4.78, 5) is 39.9. The molecule has 0 spiro atoms. The molecular weight excluding hydrogens is 2550 g/mol. The van der Waals surface area contributed by atoms with Gasteiger partial charge in [-0.1, -0.05) is 205 Å². The van der Waals surface area contributed by atoms with Crippen LogP contribution in [0.5, 0.6) is 0 Å². The number of thiophene rings is 1. The number of nitrogens with zero attached hydrogens (tertiary/aromatic N) is 9. The van der Waals surface area contributed by atoms with Crippen LogP contribution in [-0.4, -0.2) is 85.8 Å². The summed E-state index contributed by atoms with van der Waals surface area (Å²) in [6, 6.07) is 144. The molecule has 735 valence electrons. The van der Waals surface area contributed by atoms with Gasteiger partial charge in [-0.25, -0.2) is 11.3 Å². The van der Waals surface area contributed by atoms with E-state index in [0.29, 0.717) is 6.42 Å². The second-order valence-electron chi connectivity index (χ2n) is 33.5. The molecule has 10 heterocycles. The van der Waals surface area contributed by atoms with Crippen LogP contribution in [-0.2, 0) is 78.2 Å². The van der Waals surface area contributed by atoms with Crippen LogP contribution in [0.15, 0.2) is 407 Å². The van der Waals surface area contributed by atoms with Gasteiger partial charge in [-0.2, -0.15) is 12.1 Å². The van der Waals surface area contributed by atoms with Crippen molar-refractivity contribution in [3.8, 4) is 44.3 Å². The molecule has 1 radical (unpaired) electrons. The average Bonchev–Trinajstić information content (AvgIpc) is 1.17. The summed E-state index contributed by atoms with van der Waals surface area (Å²) in [6.45, 7) is 16.4. The third-order valence-electron chi connectivity index (χ3n) is 22.5. The number of rotatable bonds is 15. The SMILES string of the molecule is CC(O)CC(C)O.CCCC[PH+](CCCC)CCCC.Cc1c[c-]c(-c2ccccn2)cc1.Cc1c[c-]c(-c2ccccn2)cc1.Cc1c[c-]c(-c2ccccn2)cc1.[Cl][Ir+2].[Ir+3].[Ir+3].[Ir].[c-]1cccc2ccc3cccnc3c12.[c-]1cccc2ccc3cccnc3c12.[c-]1cccc2ccc3cccnc3c12.[c-]1cccc2ccc3cccnc3c12.[c-]1cccc2ccc3cccnc3c12.[c-]1ccsc1-c1ccccn1. The van der Waals surface area contributed by atoms with Crippen LogP contribution in [0.3, 0.4) is 0 Å². The zero-order valence-corrected chi connectivity index (χ0v) is 94.6. The van der Waals surface area contributed by atoms with E-state index in [2.05, 4.69) is 290 Å². The molecule has 11 nitrogen and oxygen atoms in total. The Labute approximate surface area is 915 Å². The normalized spacial score (nSPS) is 10.6. The standard InChI is InChI=1S/5C13H8N.3C12H10N.C12H27P.C9H6NS.C5H12O2.ClH.4Ir/c5*1-2-6-12-10(4-1)7-8-11-5-3-9-14-13(11)12;3*1-10-5-7-11(8-6-10)12-4-2-3-9-13-12;1-4-7-10-13(11-8-5-2)12-9-6-3;1-2-6-10-8(4-1)9-5-3-7-11-9;1-4(6)3-5(2)7;;;;;/h5*1-5,7-9H;3*2-7,9H,1H3;4-12H2,1-3H3;1-4,6-7H;4-7H,3H2,1-2H3;1H;;;;/q8*-1;;-1;;;;3*+3. The number of pyridine rings is 9. The van der Waals surface area contributed by atoms with Gasteiger partial charge in [0.05, 0.1) is 30.7 Å². The zero-order chi connectivity index (χ0) is 99.5. The van der Waals surface area contributed by atoms with Gasteiger partial charge in [-0.3, -0.25) is 0 Å². The van der Waals surface area contributed by atoms with Gasteiger partial charge in [0.1, 0.15) is 0 Å². The Kier molecular flexibility index (Phi) is 52.4. The van der Waals surface area contributed by atoms with E-state index >= 15 is 0 Å². The first-order valence-electron chi connectivity index (χ1n) is 47.9. The van der Waals surface area contributed by atoms with Gasteiger partial charge in [0, 0.05) is 83.8 Å². The number of benzene rings is 13. The second-order valence-corrected chi connectivity index (χ2v) is 37.4. The largest absolute Gasteiger partial charge is 3.00 e. The van der Waals surface area contributed by atoms with E-state index in [1.165, 1.54) is 127 Å². The van der Waals surface area contributed by atoms with Crippen molar-refractivity contribution in [2.75, 3.05) is 18.5 Å². The van der Waals surface area contributed by atoms with Crippen LogP contribution < -0.4 is 0 Å². The predicted octanol–water partition coefficient (Wildman–Crippen LogP) is 32.5. The third kappa shape index (κ3) is 37.3. The molecule has 145 heavy (non-hydrogen) atoms. The number of hydrogen-bond donors (Lipinski definition) is 2. The third-order valence-corrected chi connectivity index (χ3v) is 26.5. The fourth-order valence-electron chi connectivity index (χ4n) is 15.3. The number of aryl methyl sites for hydroxylation is 3. The van der Waals surface area contributed by atoms with Gasteiger partial charge in [0.15, 0.2) is 0 Å². The van der Waals surface area contributed by atoms with Gasteiger partial charge in [0.2, 0.25) is 0 Å². The molecule has 2 unspecified atom stereocenters. The van der Waals surface area contributed by atoms with Crippen molar-refractivity contribution in [2.45, 2.75) is 113 Å². The van der Waals surface area contributed by atoms with Crippen molar-refractivity contribution in [2.24, 2.45) is 0 Å². The number of aromatic nitrogens is 9. The number of unbranched alkanes of at least 4 members (excludes halogenated alkanes) is 3. The summed E-state index contributed by atoms with van der Waals surface area (Å²) >= 11 is 3.13. The Balaban J connectivity index is 0.000000177. The van der Waals surface area contributed by atoms with Crippen LogP contribution in [0.2, 0.25) is 0 Å². The van der Waals surface area contributed by atoms with E-state index < -0.39 is 0 Å². The topological polar surface area (TPSA) is 156 Å². The summed E-state index contributed by atoms with van der Waals surface area (Å²) in [5, 5.41) is 36.5. The average molecular weight is 2670 g/mol. The Bertz CT molecular complexity index is 6480. The summed E-state index contributed by atoms with van der Waals surface area (Å²) in [7, 11) is 4.71. The minimum Gasteiger partial charge on any atom is -0.319 e. The van der Waals surface area contributed by atoms with E-state index in [9.17, 15) is 0 Å². The van der Waals surface area contributed by atoms with Gasteiger partial charge in [0.25, 0.3) is 0 Å². The Morgan fingerprint density at radius 1 is 0.283 bits per heavy atom. The summed E-state index contributed by atoms with van der Waals surface area (Å²) in [5.41, 5.74) is 15.9. The molecule has 0 bridgehead atoms. The van der Waals surface area contributed by atoms with Crippen LogP contribution >= 0.6 is 28.8 Å². The Hall–Kier alpha value is -12.3. The molecule has 2 atom stereocenters. The van der Waals surface area contributed by atoms with Gasteiger partial charge < -0.3 is 55.1 Å². The van der Waals surface area contributed by atoms with E-state index in [1.807, 2.05) is 243 Å². The quantitative estimate of drug-likeness (QED) is 0.0572. The van der Waals surface area contributed by atoms with E-state index in [-0.39, 0.29) is 80.4 Å². The molecule has 18 heteroatoms. The van der Waals surface area contributed by atoms with E-state index in [4.69, 9.17) is 10.2 Å². The van der Waals surface area contributed by atoms with Gasteiger partial charge >= 0.3 is 67.7 Å². The maximum Gasteiger partial charge on any atom is 3.00 e. The van der Waals surface area contributed by atoms with Crippen LogP contribution in [0.1, 0.15) is 96.3 Å². The van der Waals surface area contributed by atoms with Crippen LogP contribution in [0, 0.1) is 75.4 Å². The maximum absolute atomic E-state index is 8.56. The number of halogens is 1.